The Morgan fingerprint density at radius 2 is 2.05 bits per heavy atom. The van der Waals surface area contributed by atoms with Crippen molar-refractivity contribution in [2.45, 2.75) is 25.8 Å². The molecule has 0 saturated carbocycles. The Bertz CT molecular complexity index is 369. The van der Waals surface area contributed by atoms with Crippen LogP contribution in [-0.4, -0.2) is 33.9 Å². The van der Waals surface area contributed by atoms with Crippen LogP contribution in [0.25, 0.3) is 0 Å². The molecule has 0 spiro atoms. The molecule has 0 aliphatic carbocycles. The number of nitrogens with one attached hydrogen (secondary N) is 1. The van der Waals surface area contributed by atoms with Gasteiger partial charge in [0.15, 0.2) is 0 Å². The average molecular weight is 262 g/mol. The minimum Gasteiger partial charge on any atom is -0.381 e. The summed E-state index contributed by atoms with van der Waals surface area (Å²) in [6, 6.07) is 9.20. The molecule has 1 aromatic carbocycles. The average Bonchev–Trinajstić information content (AvgIpc) is 2.92. The molecule has 1 aliphatic rings. The molecule has 3 nitrogen and oxygen atoms in total. The van der Waals surface area contributed by atoms with E-state index in [0.717, 1.165) is 25.7 Å². The zero-order valence-corrected chi connectivity index (χ0v) is 12.4. The van der Waals surface area contributed by atoms with Gasteiger partial charge in [0.05, 0.1) is 0 Å². The molecule has 19 heavy (non-hydrogen) atoms. The van der Waals surface area contributed by atoms with Crippen LogP contribution in [0.3, 0.4) is 0 Å². The summed E-state index contributed by atoms with van der Waals surface area (Å²) in [5.74, 6) is 0.760. The minimum absolute atomic E-state index is 0.415. The topological polar surface area (TPSA) is 24.5 Å². The summed E-state index contributed by atoms with van der Waals surface area (Å²) in [5, 5.41) is 3.61. The van der Waals surface area contributed by atoms with Crippen molar-refractivity contribution in [2.24, 2.45) is 5.92 Å². The standard InChI is InChI=1S/C16H26N2O/c1-13(17-10-8-14-9-11-19-12-14)15-4-6-16(7-5-15)18(2)3/h4-7,13-14,17H,8-12H2,1-3H3. The van der Waals surface area contributed by atoms with Crippen LogP contribution in [-0.2, 0) is 4.74 Å². The maximum atomic E-state index is 5.40. The van der Waals surface area contributed by atoms with Gasteiger partial charge in [0.1, 0.15) is 0 Å². The molecule has 0 aromatic heterocycles. The fourth-order valence-electron chi connectivity index (χ4n) is 2.49. The van der Waals surface area contributed by atoms with E-state index in [4.69, 9.17) is 4.74 Å². The molecular formula is C16H26N2O. The van der Waals surface area contributed by atoms with Gasteiger partial charge in [0.2, 0.25) is 0 Å². The molecule has 2 rings (SSSR count). The van der Waals surface area contributed by atoms with Crippen molar-refractivity contribution in [1.29, 1.82) is 0 Å². The predicted molar refractivity (Wildman–Crippen MR) is 80.7 cm³/mol. The SMILES string of the molecule is CC(NCCC1CCOC1)c1ccc(N(C)C)cc1. The molecule has 0 radical (unpaired) electrons. The molecule has 1 aromatic rings. The Morgan fingerprint density at radius 3 is 2.63 bits per heavy atom. The van der Waals surface area contributed by atoms with Crippen LogP contribution in [0.4, 0.5) is 5.69 Å². The van der Waals surface area contributed by atoms with Gasteiger partial charge in [-0.25, -0.2) is 0 Å². The number of rotatable bonds is 6. The van der Waals surface area contributed by atoms with Gasteiger partial charge in [-0.3, -0.25) is 0 Å². The Balaban J connectivity index is 1.76. The Kier molecular flexibility index (Phi) is 5.23. The molecule has 2 unspecified atom stereocenters. The second-order valence-electron chi connectivity index (χ2n) is 5.68. The first-order valence-corrected chi connectivity index (χ1v) is 7.25. The largest absolute Gasteiger partial charge is 0.381 e. The highest BCUT2D eigenvalue weighted by atomic mass is 16.5. The lowest BCUT2D eigenvalue weighted by molar-refractivity contribution is 0.184. The summed E-state index contributed by atoms with van der Waals surface area (Å²) < 4.78 is 5.40. The van der Waals surface area contributed by atoms with Crippen LogP contribution in [0.2, 0.25) is 0 Å². The smallest absolute Gasteiger partial charge is 0.0495 e. The highest BCUT2D eigenvalue weighted by molar-refractivity contribution is 5.46. The van der Waals surface area contributed by atoms with Crippen molar-refractivity contribution in [1.82, 2.24) is 5.32 Å². The highest BCUT2D eigenvalue weighted by Gasteiger charge is 2.15. The van der Waals surface area contributed by atoms with Gasteiger partial charge < -0.3 is 15.0 Å². The summed E-state index contributed by atoms with van der Waals surface area (Å²) in [6.45, 7) is 5.21. The van der Waals surface area contributed by atoms with Crippen molar-refractivity contribution in [2.75, 3.05) is 38.8 Å². The van der Waals surface area contributed by atoms with Gasteiger partial charge in [-0.05, 0) is 49.9 Å². The lowest BCUT2D eigenvalue weighted by atomic mass is 10.0. The van der Waals surface area contributed by atoms with Crippen molar-refractivity contribution in [3.63, 3.8) is 0 Å². The van der Waals surface area contributed by atoms with E-state index < -0.39 is 0 Å². The first kappa shape index (κ1) is 14.4. The normalized spacial score (nSPS) is 20.5. The summed E-state index contributed by atoms with van der Waals surface area (Å²) in [4.78, 5) is 2.13. The van der Waals surface area contributed by atoms with Crippen molar-refractivity contribution in [3.8, 4) is 0 Å². The van der Waals surface area contributed by atoms with E-state index in [1.54, 1.807) is 0 Å². The van der Waals surface area contributed by atoms with E-state index in [0.29, 0.717) is 6.04 Å². The summed E-state index contributed by atoms with van der Waals surface area (Å²) in [5.41, 5.74) is 2.60. The predicted octanol–water partition coefficient (Wildman–Crippen LogP) is 2.83. The number of nitrogens with zero attached hydrogens (tertiary/aromatic N) is 1. The minimum atomic E-state index is 0.415. The van der Waals surface area contributed by atoms with E-state index in [9.17, 15) is 0 Å². The molecule has 1 saturated heterocycles. The van der Waals surface area contributed by atoms with Gasteiger partial charge >= 0.3 is 0 Å². The molecule has 0 bridgehead atoms. The van der Waals surface area contributed by atoms with Crippen molar-refractivity contribution in [3.05, 3.63) is 29.8 Å². The summed E-state index contributed by atoms with van der Waals surface area (Å²) >= 11 is 0. The van der Waals surface area contributed by atoms with Crippen LogP contribution in [0.15, 0.2) is 24.3 Å². The molecule has 1 aliphatic heterocycles. The van der Waals surface area contributed by atoms with Crippen LogP contribution in [0.1, 0.15) is 31.4 Å². The summed E-state index contributed by atoms with van der Waals surface area (Å²) in [7, 11) is 4.14. The third kappa shape index (κ3) is 4.22. The van der Waals surface area contributed by atoms with E-state index in [1.807, 2.05) is 0 Å². The third-order valence-electron chi connectivity index (χ3n) is 3.94. The van der Waals surface area contributed by atoms with Gasteiger partial charge in [0, 0.05) is 39.0 Å². The highest BCUT2D eigenvalue weighted by Crippen LogP contribution is 2.19. The maximum Gasteiger partial charge on any atom is 0.0495 e. The summed E-state index contributed by atoms with van der Waals surface area (Å²) in [6.07, 6.45) is 2.45. The Morgan fingerprint density at radius 1 is 1.32 bits per heavy atom. The quantitative estimate of drug-likeness (QED) is 0.853. The molecular weight excluding hydrogens is 236 g/mol. The first-order chi connectivity index (χ1) is 9.16. The molecule has 106 valence electrons. The van der Waals surface area contributed by atoms with E-state index in [-0.39, 0.29) is 0 Å². The second-order valence-corrected chi connectivity index (χ2v) is 5.68. The Hall–Kier alpha value is -1.06. The Labute approximate surface area is 116 Å². The number of hydrogen-bond acceptors (Lipinski definition) is 3. The van der Waals surface area contributed by atoms with Crippen LogP contribution in [0, 0.1) is 5.92 Å². The second kappa shape index (κ2) is 6.92. The van der Waals surface area contributed by atoms with Crippen molar-refractivity contribution >= 4 is 5.69 Å². The van der Waals surface area contributed by atoms with Gasteiger partial charge in [-0.2, -0.15) is 0 Å². The van der Waals surface area contributed by atoms with Gasteiger partial charge in [0.25, 0.3) is 0 Å². The van der Waals surface area contributed by atoms with Gasteiger partial charge in [-0.1, -0.05) is 12.1 Å². The molecule has 1 heterocycles. The lowest BCUT2D eigenvalue weighted by Crippen LogP contribution is -2.22. The molecule has 2 atom stereocenters. The lowest BCUT2D eigenvalue weighted by Gasteiger charge is -2.18. The van der Waals surface area contributed by atoms with E-state index in [1.165, 1.54) is 24.1 Å². The molecule has 0 amide bonds. The fourth-order valence-corrected chi connectivity index (χ4v) is 2.49. The number of anilines is 1. The van der Waals surface area contributed by atoms with Crippen LogP contribution in [0.5, 0.6) is 0 Å². The number of ether oxygens (including phenoxy) is 1. The molecule has 3 heteroatoms. The first-order valence-electron chi connectivity index (χ1n) is 7.25. The molecule has 1 fully saturated rings. The van der Waals surface area contributed by atoms with Crippen LogP contribution < -0.4 is 10.2 Å². The van der Waals surface area contributed by atoms with E-state index >= 15 is 0 Å². The zero-order chi connectivity index (χ0) is 13.7. The van der Waals surface area contributed by atoms with E-state index in [2.05, 4.69) is 55.5 Å². The monoisotopic (exact) mass is 262 g/mol. The fraction of sp³-hybridized carbons (Fsp3) is 0.625. The molecule has 1 N–H and O–H groups in total. The number of hydrogen-bond donors (Lipinski definition) is 1. The van der Waals surface area contributed by atoms with Crippen molar-refractivity contribution < 1.29 is 4.74 Å². The maximum absolute atomic E-state index is 5.40. The zero-order valence-electron chi connectivity index (χ0n) is 12.4. The number of benzene rings is 1. The van der Waals surface area contributed by atoms with Gasteiger partial charge in [-0.15, -0.1) is 0 Å². The third-order valence-corrected chi connectivity index (χ3v) is 3.94. The van der Waals surface area contributed by atoms with Crippen LogP contribution >= 0.6 is 0 Å².